The fourth-order valence-corrected chi connectivity index (χ4v) is 5.82. The Morgan fingerprint density at radius 2 is 1.92 bits per heavy atom. The number of hydrogen-bond acceptors (Lipinski definition) is 7. The summed E-state index contributed by atoms with van der Waals surface area (Å²) in [5.41, 5.74) is 0.391. The number of sulfonamides is 1. The van der Waals surface area contributed by atoms with Crippen molar-refractivity contribution >= 4 is 30.8 Å². The molecule has 1 aliphatic heterocycles. The molecule has 25 heavy (non-hydrogen) atoms. The van der Waals surface area contributed by atoms with E-state index >= 15 is 0 Å². The summed E-state index contributed by atoms with van der Waals surface area (Å²) in [6, 6.07) is 7.86. The minimum Gasteiger partial charge on any atom is -0.390 e. The quantitative estimate of drug-likeness (QED) is 0.559. The molecule has 136 valence electrons. The second kappa shape index (κ2) is 6.96. The Morgan fingerprint density at radius 1 is 1.16 bits per heavy atom. The van der Waals surface area contributed by atoms with E-state index in [-0.39, 0.29) is 29.5 Å². The third-order valence-corrected chi connectivity index (χ3v) is 7.24. The average Bonchev–Trinajstić information content (AvgIpc) is 2.83. The number of fused-ring (bicyclic) bond motifs is 1. The van der Waals surface area contributed by atoms with Crippen molar-refractivity contribution in [3.63, 3.8) is 0 Å². The summed E-state index contributed by atoms with van der Waals surface area (Å²) >= 11 is 0. The van der Waals surface area contributed by atoms with Gasteiger partial charge < -0.3 is 10.4 Å². The molecule has 0 saturated carbocycles. The van der Waals surface area contributed by atoms with Crippen LogP contribution in [0.3, 0.4) is 0 Å². The zero-order valence-corrected chi connectivity index (χ0v) is 14.9. The molecule has 2 aromatic rings. The van der Waals surface area contributed by atoms with Crippen LogP contribution in [-0.2, 0) is 19.9 Å². The van der Waals surface area contributed by atoms with Crippen LogP contribution in [0.5, 0.6) is 0 Å². The maximum atomic E-state index is 12.5. The predicted molar refractivity (Wildman–Crippen MR) is 93.4 cm³/mol. The van der Waals surface area contributed by atoms with Crippen LogP contribution in [0.2, 0.25) is 0 Å². The summed E-state index contributed by atoms with van der Waals surface area (Å²) in [6.07, 6.45) is 0.564. The normalized spacial score (nSPS) is 23.1. The van der Waals surface area contributed by atoms with Crippen LogP contribution in [0, 0.1) is 0 Å². The molecule has 0 bridgehead atoms. The lowest BCUT2D eigenvalue weighted by atomic mass is 10.2. The number of aliphatic hydroxyl groups is 1. The van der Waals surface area contributed by atoms with Gasteiger partial charge in [0.05, 0.1) is 23.1 Å². The molecule has 10 heteroatoms. The first-order valence-electron chi connectivity index (χ1n) is 7.74. The topological polar surface area (TPSA) is 125 Å². The van der Waals surface area contributed by atoms with Crippen molar-refractivity contribution in [3.05, 3.63) is 36.5 Å². The van der Waals surface area contributed by atoms with Gasteiger partial charge in [-0.15, -0.1) is 0 Å². The molecule has 8 nitrogen and oxygen atoms in total. The van der Waals surface area contributed by atoms with Gasteiger partial charge in [-0.1, -0.05) is 18.2 Å². The van der Waals surface area contributed by atoms with Crippen LogP contribution in [0.1, 0.15) is 0 Å². The molecule has 0 aliphatic carbocycles. The van der Waals surface area contributed by atoms with Crippen molar-refractivity contribution in [2.45, 2.75) is 17.0 Å². The summed E-state index contributed by atoms with van der Waals surface area (Å²) in [7, 11) is -6.99. The van der Waals surface area contributed by atoms with Gasteiger partial charge in [-0.05, 0) is 12.1 Å². The van der Waals surface area contributed by atoms with Crippen molar-refractivity contribution in [1.82, 2.24) is 15.0 Å². The molecule has 0 radical (unpaired) electrons. The van der Waals surface area contributed by atoms with Crippen molar-refractivity contribution < 1.29 is 21.9 Å². The predicted octanol–water partition coefficient (Wildman–Crippen LogP) is -0.739. The van der Waals surface area contributed by atoms with E-state index in [2.05, 4.69) is 15.0 Å². The number of sulfone groups is 1. The number of pyridine rings is 1. The van der Waals surface area contributed by atoms with Crippen LogP contribution >= 0.6 is 0 Å². The number of para-hydroxylation sites is 1. The molecule has 1 aromatic heterocycles. The van der Waals surface area contributed by atoms with Gasteiger partial charge in [0.15, 0.2) is 9.84 Å². The molecule has 2 atom stereocenters. The maximum Gasteiger partial charge on any atom is 0.242 e. The molecular formula is C15H19N3O5S2. The van der Waals surface area contributed by atoms with Gasteiger partial charge in [0.25, 0.3) is 0 Å². The van der Waals surface area contributed by atoms with E-state index in [1.807, 2.05) is 0 Å². The molecule has 1 aromatic carbocycles. The Hall–Kier alpha value is -1.59. The summed E-state index contributed by atoms with van der Waals surface area (Å²) in [6.45, 7) is 0.267. The first-order chi connectivity index (χ1) is 11.8. The van der Waals surface area contributed by atoms with Crippen LogP contribution < -0.4 is 10.0 Å². The van der Waals surface area contributed by atoms with Gasteiger partial charge in [0, 0.05) is 30.7 Å². The second-order valence-corrected chi connectivity index (χ2v) is 9.82. The average molecular weight is 385 g/mol. The van der Waals surface area contributed by atoms with E-state index in [0.717, 1.165) is 5.39 Å². The fraction of sp³-hybridized carbons (Fsp3) is 0.400. The van der Waals surface area contributed by atoms with Crippen molar-refractivity contribution in [2.75, 3.05) is 24.6 Å². The molecular weight excluding hydrogens is 366 g/mol. The summed E-state index contributed by atoms with van der Waals surface area (Å²) in [4.78, 5) is 4.22. The highest BCUT2D eigenvalue weighted by Gasteiger charge is 2.35. The number of nitrogens with one attached hydrogen (secondary N) is 2. The van der Waals surface area contributed by atoms with E-state index < -0.39 is 32.0 Å². The monoisotopic (exact) mass is 385 g/mol. The first-order valence-corrected chi connectivity index (χ1v) is 11.0. The van der Waals surface area contributed by atoms with Crippen molar-refractivity contribution in [3.8, 4) is 0 Å². The van der Waals surface area contributed by atoms with Crippen molar-refractivity contribution in [1.29, 1.82) is 0 Å². The standard InChI is InChI=1S/C15H19N3O5S2/c19-13-10-24(20,21)9-12(13)16-7-8-18-25(22,23)14-5-1-3-11-4-2-6-17-15(11)14/h1-6,12-13,16,18-19H,7-10H2/t12-,13+/m1/s1. The molecule has 2 heterocycles. The number of hydrogen-bond donors (Lipinski definition) is 3. The summed E-state index contributed by atoms with van der Waals surface area (Å²) < 4.78 is 50.3. The van der Waals surface area contributed by atoms with Crippen molar-refractivity contribution in [2.24, 2.45) is 0 Å². The van der Waals surface area contributed by atoms with E-state index in [0.29, 0.717) is 5.52 Å². The molecule has 1 fully saturated rings. The van der Waals surface area contributed by atoms with Gasteiger partial charge in [0.2, 0.25) is 10.0 Å². The third kappa shape index (κ3) is 4.15. The summed E-state index contributed by atoms with van der Waals surface area (Å²) in [5.74, 6) is -0.410. The molecule has 3 rings (SSSR count). The summed E-state index contributed by atoms with van der Waals surface area (Å²) in [5, 5.41) is 13.3. The van der Waals surface area contributed by atoms with Crippen LogP contribution in [0.15, 0.2) is 41.4 Å². The first kappa shape index (κ1) is 18.2. The third-order valence-electron chi connectivity index (χ3n) is 4.03. The fourth-order valence-electron chi connectivity index (χ4n) is 2.84. The largest absolute Gasteiger partial charge is 0.390 e. The molecule has 0 amide bonds. The van der Waals surface area contributed by atoms with E-state index in [4.69, 9.17) is 0 Å². The molecule has 1 aliphatic rings. The second-order valence-electron chi connectivity index (χ2n) is 5.93. The number of benzene rings is 1. The Kier molecular flexibility index (Phi) is 5.07. The lowest BCUT2D eigenvalue weighted by Gasteiger charge is -2.15. The van der Waals surface area contributed by atoms with Crippen LogP contribution in [-0.4, -0.2) is 63.7 Å². The van der Waals surface area contributed by atoms with Crippen LogP contribution in [0.25, 0.3) is 10.9 Å². The number of nitrogens with zero attached hydrogens (tertiary/aromatic N) is 1. The van der Waals surface area contributed by atoms with Gasteiger partial charge in [-0.25, -0.2) is 21.6 Å². The smallest absolute Gasteiger partial charge is 0.242 e. The lowest BCUT2D eigenvalue weighted by molar-refractivity contribution is 0.166. The van der Waals surface area contributed by atoms with E-state index in [1.54, 1.807) is 24.3 Å². The van der Waals surface area contributed by atoms with Gasteiger partial charge in [0.1, 0.15) is 4.90 Å². The highest BCUT2D eigenvalue weighted by atomic mass is 32.2. The van der Waals surface area contributed by atoms with Gasteiger partial charge in [-0.3, -0.25) is 4.98 Å². The zero-order chi connectivity index (χ0) is 18.1. The van der Waals surface area contributed by atoms with E-state index in [9.17, 15) is 21.9 Å². The van der Waals surface area contributed by atoms with E-state index in [1.165, 1.54) is 12.3 Å². The minimum atomic E-state index is -3.75. The van der Waals surface area contributed by atoms with Gasteiger partial charge >= 0.3 is 0 Å². The Bertz CT molecular complexity index is 970. The highest BCUT2D eigenvalue weighted by Crippen LogP contribution is 2.20. The molecule has 3 N–H and O–H groups in total. The SMILES string of the molecule is O=S1(=O)C[C@H](O)[C@H](NCCNS(=O)(=O)c2cccc3cccnc23)C1. The molecule has 0 spiro atoms. The number of aliphatic hydroxyl groups excluding tert-OH is 1. The number of rotatable bonds is 6. The molecule has 0 unspecified atom stereocenters. The highest BCUT2D eigenvalue weighted by molar-refractivity contribution is 7.91. The Morgan fingerprint density at radius 3 is 2.64 bits per heavy atom. The van der Waals surface area contributed by atoms with Gasteiger partial charge in [-0.2, -0.15) is 0 Å². The van der Waals surface area contributed by atoms with Crippen LogP contribution in [0.4, 0.5) is 0 Å². The Labute approximate surface area is 146 Å². The maximum absolute atomic E-state index is 12.5. The lowest BCUT2D eigenvalue weighted by Crippen LogP contribution is -2.42. The zero-order valence-electron chi connectivity index (χ0n) is 13.3. The minimum absolute atomic E-state index is 0.0643. The Balaban J connectivity index is 1.63. The molecule has 1 saturated heterocycles. The number of aromatic nitrogens is 1.